The van der Waals surface area contributed by atoms with Gasteiger partial charge < -0.3 is 15.7 Å². The van der Waals surface area contributed by atoms with E-state index in [9.17, 15) is 10.4 Å². The topological polar surface area (TPSA) is 110 Å². The Labute approximate surface area is 198 Å². The highest BCUT2D eigenvalue weighted by Crippen LogP contribution is 2.41. The van der Waals surface area contributed by atoms with E-state index >= 15 is 0 Å². The number of aromatic nitrogens is 3. The third kappa shape index (κ3) is 3.67. The Hall–Kier alpha value is -3.54. The molecule has 2 aromatic heterocycles. The summed E-state index contributed by atoms with van der Waals surface area (Å²) in [5.74, 6) is 0.483. The van der Waals surface area contributed by atoms with Crippen LogP contribution in [0.4, 0.5) is 17.3 Å². The lowest BCUT2D eigenvalue weighted by molar-refractivity contribution is 0.219. The molecule has 1 aliphatic carbocycles. The molecular formula is C26H27N7O. The van der Waals surface area contributed by atoms with Crippen molar-refractivity contribution in [3.05, 3.63) is 59.0 Å². The first-order valence-electron chi connectivity index (χ1n) is 11.8. The van der Waals surface area contributed by atoms with Crippen molar-refractivity contribution < 1.29 is 5.11 Å². The zero-order chi connectivity index (χ0) is 23.3. The molecule has 4 heterocycles. The summed E-state index contributed by atoms with van der Waals surface area (Å²) < 4.78 is 0. The largest absolute Gasteiger partial charge is 0.395 e. The highest BCUT2D eigenvalue weighted by molar-refractivity contribution is 5.76. The number of aliphatic hydroxyl groups is 1. The number of benzene rings is 1. The Morgan fingerprint density at radius 1 is 1.29 bits per heavy atom. The molecule has 34 heavy (non-hydrogen) atoms. The number of pyridine rings is 1. The van der Waals surface area contributed by atoms with Crippen molar-refractivity contribution in [1.29, 1.82) is 5.26 Å². The summed E-state index contributed by atoms with van der Waals surface area (Å²) in [7, 11) is 0. The van der Waals surface area contributed by atoms with E-state index in [1.165, 1.54) is 24.1 Å². The molecule has 1 unspecified atom stereocenters. The van der Waals surface area contributed by atoms with Crippen molar-refractivity contribution in [2.45, 2.75) is 44.2 Å². The number of aliphatic hydroxyl groups excluding tert-OH is 1. The maximum absolute atomic E-state index is 9.97. The number of nitrogens with one attached hydrogen (secondary N) is 2. The Morgan fingerprint density at radius 2 is 2.18 bits per heavy atom. The van der Waals surface area contributed by atoms with E-state index in [0.717, 1.165) is 53.7 Å². The number of hydrogen-bond donors (Lipinski definition) is 3. The highest BCUT2D eigenvalue weighted by atomic mass is 16.3. The molecule has 0 radical (unpaired) electrons. The normalized spacial score (nSPS) is 21.3. The third-order valence-electron chi connectivity index (χ3n) is 7.25. The van der Waals surface area contributed by atoms with Gasteiger partial charge in [0.2, 0.25) is 5.95 Å². The van der Waals surface area contributed by atoms with E-state index in [2.05, 4.69) is 37.6 Å². The number of anilines is 3. The number of hydrogen-bond acceptors (Lipinski definition) is 8. The fourth-order valence-corrected chi connectivity index (χ4v) is 5.04. The van der Waals surface area contributed by atoms with Gasteiger partial charge in [0.15, 0.2) is 0 Å². The molecule has 1 aromatic carbocycles. The molecule has 1 saturated carbocycles. The molecule has 1 fully saturated rings. The molecule has 0 saturated heterocycles. The van der Waals surface area contributed by atoms with Crippen LogP contribution in [0.2, 0.25) is 0 Å². The standard InChI is InChI=1S/C26H27N7O/c1-26(15-34)14-30-24-17(11-27)8-16(10-21(24)26)23-4-6-28-25(32-23)31-19-9-18-13-33(20-2-3-20)7-5-22(18)29-12-19/h4,6,8-10,12,20,30,34H,2-3,5,7,13-15H2,1H3,(H,28,31,32). The Balaban J connectivity index is 1.29. The smallest absolute Gasteiger partial charge is 0.227 e. The molecule has 8 heteroatoms. The molecule has 8 nitrogen and oxygen atoms in total. The van der Waals surface area contributed by atoms with Crippen molar-refractivity contribution in [2.75, 3.05) is 30.3 Å². The van der Waals surface area contributed by atoms with Crippen molar-refractivity contribution in [3.63, 3.8) is 0 Å². The van der Waals surface area contributed by atoms with Gasteiger partial charge in [-0.1, -0.05) is 6.92 Å². The molecular weight excluding hydrogens is 426 g/mol. The molecule has 3 aromatic rings. The number of fused-ring (bicyclic) bond motifs is 2. The Bertz CT molecular complexity index is 1310. The maximum atomic E-state index is 9.97. The summed E-state index contributed by atoms with van der Waals surface area (Å²) in [6, 6.07) is 10.9. The summed E-state index contributed by atoms with van der Waals surface area (Å²) in [4.78, 5) is 16.4. The molecule has 3 aliphatic rings. The number of nitrogens with zero attached hydrogens (tertiary/aromatic N) is 5. The zero-order valence-electron chi connectivity index (χ0n) is 19.2. The van der Waals surface area contributed by atoms with Crippen LogP contribution in [0.15, 0.2) is 36.7 Å². The van der Waals surface area contributed by atoms with E-state index < -0.39 is 5.41 Å². The van der Waals surface area contributed by atoms with E-state index in [1.54, 1.807) is 6.20 Å². The monoisotopic (exact) mass is 453 g/mol. The lowest BCUT2D eigenvalue weighted by Crippen LogP contribution is -2.32. The van der Waals surface area contributed by atoms with Gasteiger partial charge in [-0.3, -0.25) is 9.88 Å². The number of rotatable bonds is 5. The van der Waals surface area contributed by atoms with Crippen LogP contribution >= 0.6 is 0 Å². The molecule has 3 N–H and O–H groups in total. The summed E-state index contributed by atoms with van der Waals surface area (Å²) in [6.45, 7) is 4.64. The first kappa shape index (κ1) is 21.0. The molecule has 0 spiro atoms. The summed E-state index contributed by atoms with van der Waals surface area (Å²) >= 11 is 0. The molecule has 6 rings (SSSR count). The van der Waals surface area contributed by atoms with Gasteiger partial charge in [0.1, 0.15) is 6.07 Å². The van der Waals surface area contributed by atoms with Gasteiger partial charge in [-0.05, 0) is 48.2 Å². The van der Waals surface area contributed by atoms with E-state index in [1.807, 2.05) is 31.3 Å². The van der Waals surface area contributed by atoms with Crippen molar-refractivity contribution >= 4 is 17.3 Å². The lowest BCUT2D eigenvalue weighted by Gasteiger charge is -2.28. The van der Waals surface area contributed by atoms with Crippen LogP contribution in [0.5, 0.6) is 0 Å². The van der Waals surface area contributed by atoms with Crippen LogP contribution in [0.1, 0.15) is 42.1 Å². The van der Waals surface area contributed by atoms with Crippen molar-refractivity contribution in [2.24, 2.45) is 0 Å². The predicted molar refractivity (Wildman–Crippen MR) is 130 cm³/mol. The average Bonchev–Trinajstić information content (AvgIpc) is 3.67. The first-order chi connectivity index (χ1) is 16.6. The van der Waals surface area contributed by atoms with E-state index in [-0.39, 0.29) is 6.61 Å². The van der Waals surface area contributed by atoms with Gasteiger partial charge in [-0.2, -0.15) is 5.26 Å². The molecule has 172 valence electrons. The Morgan fingerprint density at radius 3 is 2.97 bits per heavy atom. The minimum absolute atomic E-state index is 0.00139. The van der Waals surface area contributed by atoms with Crippen molar-refractivity contribution in [3.8, 4) is 17.3 Å². The second kappa shape index (κ2) is 8.05. The third-order valence-corrected chi connectivity index (χ3v) is 7.25. The van der Waals surface area contributed by atoms with Gasteiger partial charge in [0.25, 0.3) is 0 Å². The van der Waals surface area contributed by atoms with Gasteiger partial charge >= 0.3 is 0 Å². The predicted octanol–water partition coefficient (Wildman–Crippen LogP) is 3.35. The lowest BCUT2D eigenvalue weighted by atomic mass is 9.83. The second-order valence-electron chi connectivity index (χ2n) is 9.80. The summed E-state index contributed by atoms with van der Waals surface area (Å²) in [5, 5.41) is 26.3. The van der Waals surface area contributed by atoms with Crippen LogP contribution in [0.3, 0.4) is 0 Å². The fraction of sp³-hybridized carbons (Fsp3) is 0.385. The van der Waals surface area contributed by atoms with Crippen LogP contribution < -0.4 is 10.6 Å². The van der Waals surface area contributed by atoms with Crippen LogP contribution in [-0.2, 0) is 18.4 Å². The molecule has 1 atom stereocenters. The van der Waals surface area contributed by atoms with Gasteiger partial charge in [0, 0.05) is 55.0 Å². The maximum Gasteiger partial charge on any atom is 0.227 e. The second-order valence-corrected chi connectivity index (χ2v) is 9.80. The Kier molecular flexibility index (Phi) is 4.97. The van der Waals surface area contributed by atoms with E-state index in [0.29, 0.717) is 18.1 Å². The molecule has 0 amide bonds. The average molecular weight is 454 g/mol. The van der Waals surface area contributed by atoms with Crippen LogP contribution in [0.25, 0.3) is 11.3 Å². The molecule has 2 aliphatic heterocycles. The minimum Gasteiger partial charge on any atom is -0.395 e. The minimum atomic E-state index is -0.436. The quantitative estimate of drug-likeness (QED) is 0.540. The summed E-state index contributed by atoms with van der Waals surface area (Å²) in [5.41, 5.74) is 6.73. The zero-order valence-corrected chi connectivity index (χ0v) is 19.2. The highest BCUT2D eigenvalue weighted by Gasteiger charge is 2.36. The molecule has 0 bridgehead atoms. The van der Waals surface area contributed by atoms with Crippen LogP contribution in [0, 0.1) is 11.3 Å². The first-order valence-corrected chi connectivity index (χ1v) is 11.8. The fourth-order valence-electron chi connectivity index (χ4n) is 5.04. The van der Waals surface area contributed by atoms with Gasteiger partial charge in [0.05, 0.1) is 35.4 Å². The van der Waals surface area contributed by atoms with Gasteiger partial charge in [-0.15, -0.1) is 0 Å². The number of nitriles is 1. The SMILES string of the molecule is CC1(CO)CNc2c(C#N)cc(-c3ccnc(Nc4cnc5c(c4)CN(C4CC4)CC5)n3)cc21. The van der Waals surface area contributed by atoms with E-state index in [4.69, 9.17) is 4.98 Å². The van der Waals surface area contributed by atoms with Crippen LogP contribution in [-0.4, -0.2) is 50.7 Å². The van der Waals surface area contributed by atoms with Gasteiger partial charge in [-0.25, -0.2) is 9.97 Å². The van der Waals surface area contributed by atoms with Crippen molar-refractivity contribution in [1.82, 2.24) is 19.9 Å². The summed E-state index contributed by atoms with van der Waals surface area (Å²) in [6.07, 6.45) is 7.19.